The van der Waals surface area contributed by atoms with Gasteiger partial charge in [0.25, 0.3) is 0 Å². The molecule has 0 amide bonds. The van der Waals surface area contributed by atoms with E-state index < -0.39 is 21.5 Å². The molecular formula is C2F5NO3S. The number of hydrogen-bond acceptors (Lipinski definition) is 4. The minimum absolute atomic E-state index is 0.558. The average molecular weight is 213 g/mol. The van der Waals surface area contributed by atoms with Crippen LogP contribution in [0.1, 0.15) is 0 Å². The molecule has 0 aromatic heterocycles. The molecule has 0 spiro atoms. The highest BCUT2D eigenvalue weighted by Gasteiger charge is 2.69. The third-order valence-electron chi connectivity index (χ3n) is 0.790. The highest BCUT2D eigenvalue weighted by molar-refractivity contribution is 7.87. The Hall–Kier alpha value is -0.800. The van der Waals surface area contributed by atoms with Gasteiger partial charge in [-0.1, -0.05) is 3.89 Å². The van der Waals surface area contributed by atoms with Gasteiger partial charge in [-0.2, -0.15) is 26.0 Å². The van der Waals surface area contributed by atoms with Gasteiger partial charge >= 0.3 is 21.5 Å². The molecular weight excluding hydrogens is 213 g/mol. The second-order valence-corrected chi connectivity index (χ2v) is 3.00. The van der Waals surface area contributed by atoms with Gasteiger partial charge in [0, 0.05) is 5.18 Å². The Morgan fingerprint density at radius 2 is 1.42 bits per heavy atom. The number of halogens is 5. The maximum atomic E-state index is 12.0. The lowest BCUT2D eigenvalue weighted by molar-refractivity contribution is -0.196. The molecule has 0 N–H and O–H groups in total. The van der Waals surface area contributed by atoms with Gasteiger partial charge in [-0.15, -0.1) is 4.91 Å². The summed E-state index contributed by atoms with van der Waals surface area (Å²) in [5.41, 5.74) is 0. The van der Waals surface area contributed by atoms with Gasteiger partial charge in [0.2, 0.25) is 0 Å². The number of rotatable bonds is 2. The first-order valence-corrected chi connectivity index (χ1v) is 3.49. The summed E-state index contributed by atoms with van der Waals surface area (Å²) >= 11 is 0. The number of nitrogens with zero attached hydrogens (tertiary/aromatic N) is 1. The van der Waals surface area contributed by atoms with Gasteiger partial charge in [-0.05, 0) is 0 Å². The molecule has 1 atom stereocenters. The molecule has 0 aliphatic carbocycles. The average Bonchev–Trinajstić information content (AvgIpc) is 1.81. The van der Waals surface area contributed by atoms with Gasteiger partial charge in [-0.25, -0.2) is 0 Å². The summed E-state index contributed by atoms with van der Waals surface area (Å²) in [5, 5.41) is -5.15. The van der Waals surface area contributed by atoms with Gasteiger partial charge in [0.15, 0.2) is 0 Å². The van der Waals surface area contributed by atoms with E-state index in [1.807, 2.05) is 0 Å². The van der Waals surface area contributed by atoms with Gasteiger partial charge < -0.3 is 0 Å². The zero-order valence-electron chi connectivity index (χ0n) is 4.97. The topological polar surface area (TPSA) is 63.6 Å². The Bertz CT molecular complexity index is 282. The summed E-state index contributed by atoms with van der Waals surface area (Å²) in [6, 6.07) is 0. The standard InChI is InChI=1S/C2F5NO3S/c3-1(4,5)2(6,8-9)12(7,10)11. The van der Waals surface area contributed by atoms with Crippen LogP contribution in [0.15, 0.2) is 5.18 Å². The first kappa shape index (κ1) is 11.2. The molecule has 0 fully saturated rings. The quantitative estimate of drug-likeness (QED) is 0.300. The molecule has 1 unspecified atom stereocenters. The van der Waals surface area contributed by atoms with Gasteiger partial charge in [0.1, 0.15) is 0 Å². The van der Waals surface area contributed by atoms with Crippen molar-refractivity contribution in [1.82, 2.24) is 0 Å². The van der Waals surface area contributed by atoms with Crippen molar-refractivity contribution >= 4 is 10.2 Å². The Kier molecular flexibility index (Phi) is 2.43. The fraction of sp³-hybridized carbons (Fsp3) is 1.00. The molecule has 0 aromatic carbocycles. The molecule has 4 nitrogen and oxygen atoms in total. The van der Waals surface area contributed by atoms with Crippen LogP contribution >= 0.6 is 0 Å². The van der Waals surface area contributed by atoms with Crippen LogP contribution in [0.4, 0.5) is 21.4 Å². The zero-order chi connectivity index (χ0) is 10.2. The molecule has 0 aliphatic heterocycles. The molecule has 0 aliphatic rings. The van der Waals surface area contributed by atoms with E-state index in [9.17, 15) is 29.9 Å². The first-order chi connectivity index (χ1) is 5.06. The van der Waals surface area contributed by atoms with Gasteiger partial charge in [0.05, 0.1) is 0 Å². The minimum Gasteiger partial charge on any atom is -0.189 e. The zero-order valence-corrected chi connectivity index (χ0v) is 5.79. The summed E-state index contributed by atoms with van der Waals surface area (Å²) in [4.78, 5) is 9.16. The van der Waals surface area contributed by atoms with E-state index in [1.54, 1.807) is 0 Å². The van der Waals surface area contributed by atoms with Crippen LogP contribution in [0.3, 0.4) is 0 Å². The molecule has 0 radical (unpaired) electrons. The number of alkyl halides is 4. The Morgan fingerprint density at radius 1 is 1.08 bits per heavy atom. The highest BCUT2D eigenvalue weighted by Crippen LogP contribution is 2.40. The maximum absolute atomic E-state index is 12.0. The fourth-order valence-electron chi connectivity index (χ4n) is 0.235. The van der Waals surface area contributed by atoms with Crippen molar-refractivity contribution in [2.45, 2.75) is 11.3 Å². The van der Waals surface area contributed by atoms with E-state index in [4.69, 9.17) is 4.91 Å². The second-order valence-electron chi connectivity index (χ2n) is 1.59. The van der Waals surface area contributed by atoms with E-state index >= 15 is 0 Å². The van der Waals surface area contributed by atoms with E-state index in [2.05, 4.69) is 0 Å². The first-order valence-electron chi connectivity index (χ1n) is 2.10. The third-order valence-corrected chi connectivity index (χ3v) is 1.74. The van der Waals surface area contributed by atoms with Crippen LogP contribution in [0.25, 0.3) is 0 Å². The summed E-state index contributed by atoms with van der Waals surface area (Å²) in [6.07, 6.45) is -6.22. The molecule has 0 heterocycles. The molecule has 12 heavy (non-hydrogen) atoms. The molecule has 0 saturated carbocycles. The fourth-order valence-corrected chi connectivity index (χ4v) is 0.600. The van der Waals surface area contributed by atoms with Crippen molar-refractivity contribution in [1.29, 1.82) is 0 Å². The molecule has 0 aromatic rings. The van der Waals surface area contributed by atoms with Crippen molar-refractivity contribution < 1.29 is 29.9 Å². The largest absolute Gasteiger partial charge is 0.466 e. The van der Waals surface area contributed by atoms with E-state index in [-0.39, 0.29) is 0 Å². The van der Waals surface area contributed by atoms with Crippen LogP contribution in [0, 0.1) is 4.91 Å². The predicted octanol–water partition coefficient (Wildman–Crippen LogP) is 1.24. The van der Waals surface area contributed by atoms with E-state index in [1.165, 1.54) is 0 Å². The molecule has 0 bridgehead atoms. The summed E-state index contributed by atoms with van der Waals surface area (Å²) in [7, 11) is -6.74. The second kappa shape index (κ2) is 2.61. The monoisotopic (exact) mass is 213 g/mol. The smallest absolute Gasteiger partial charge is 0.189 e. The maximum Gasteiger partial charge on any atom is 0.466 e. The number of hydrogen-bond donors (Lipinski definition) is 0. The van der Waals surface area contributed by atoms with Crippen molar-refractivity contribution in [3.63, 3.8) is 0 Å². The Balaban J connectivity index is 5.40. The predicted molar refractivity (Wildman–Crippen MR) is 25.7 cm³/mol. The SMILES string of the molecule is O=NC(F)(C(F)(F)F)S(=O)(=O)F. The van der Waals surface area contributed by atoms with Crippen molar-refractivity contribution in [3.8, 4) is 0 Å². The highest BCUT2D eigenvalue weighted by atomic mass is 32.3. The lowest BCUT2D eigenvalue weighted by Crippen LogP contribution is -2.44. The molecule has 0 rings (SSSR count). The Labute approximate surface area is 62.5 Å². The Morgan fingerprint density at radius 3 is 1.42 bits per heavy atom. The molecule has 10 heteroatoms. The summed E-state index contributed by atoms with van der Waals surface area (Å²) in [6.45, 7) is 0. The van der Waals surface area contributed by atoms with Crippen LogP contribution in [-0.2, 0) is 10.2 Å². The van der Waals surface area contributed by atoms with Crippen molar-refractivity contribution in [2.75, 3.05) is 0 Å². The molecule has 72 valence electrons. The summed E-state index contributed by atoms with van der Waals surface area (Å²) < 4.78 is 76.4. The van der Waals surface area contributed by atoms with Gasteiger partial charge in [-0.3, -0.25) is 0 Å². The lowest BCUT2D eigenvalue weighted by Gasteiger charge is -2.14. The van der Waals surface area contributed by atoms with Crippen molar-refractivity contribution in [2.24, 2.45) is 5.18 Å². The third kappa shape index (κ3) is 1.52. The van der Waals surface area contributed by atoms with Crippen LogP contribution in [-0.4, -0.2) is 19.7 Å². The summed E-state index contributed by atoms with van der Waals surface area (Å²) in [5.74, 6) is 0. The van der Waals surface area contributed by atoms with Crippen LogP contribution < -0.4 is 0 Å². The van der Waals surface area contributed by atoms with Crippen molar-refractivity contribution in [3.05, 3.63) is 4.91 Å². The minimum atomic E-state index is -6.74. The normalized spacial score (nSPS) is 18.4. The lowest BCUT2D eigenvalue weighted by atomic mass is 10.6. The van der Waals surface area contributed by atoms with E-state index in [0.29, 0.717) is 5.18 Å². The van der Waals surface area contributed by atoms with E-state index in [0.717, 1.165) is 0 Å². The number of nitroso groups, excluding NO2 is 1. The van der Waals surface area contributed by atoms with Crippen LogP contribution in [0.5, 0.6) is 0 Å². The van der Waals surface area contributed by atoms with Crippen LogP contribution in [0.2, 0.25) is 0 Å². The molecule has 0 saturated heterocycles.